The van der Waals surface area contributed by atoms with Crippen molar-refractivity contribution in [2.75, 3.05) is 26.3 Å². The first-order chi connectivity index (χ1) is 15.1. The van der Waals surface area contributed by atoms with E-state index in [4.69, 9.17) is 9.26 Å². The van der Waals surface area contributed by atoms with Gasteiger partial charge in [-0.15, -0.1) is 0 Å². The summed E-state index contributed by atoms with van der Waals surface area (Å²) < 4.78 is 12.8. The number of benzene rings is 2. The second-order valence-corrected chi connectivity index (χ2v) is 7.80. The van der Waals surface area contributed by atoms with Gasteiger partial charge in [-0.3, -0.25) is 4.79 Å². The molecule has 1 amide bonds. The van der Waals surface area contributed by atoms with Gasteiger partial charge in [0.05, 0.1) is 37.1 Å². The minimum Gasteiger partial charge on any atom is -0.378 e. The van der Waals surface area contributed by atoms with Gasteiger partial charge in [0, 0.05) is 24.2 Å². The number of imidazole rings is 1. The highest BCUT2D eigenvalue weighted by molar-refractivity contribution is 5.94. The fourth-order valence-corrected chi connectivity index (χ4v) is 3.73. The Bertz CT molecular complexity index is 1240. The van der Waals surface area contributed by atoms with Crippen LogP contribution in [0.2, 0.25) is 0 Å². The highest BCUT2D eigenvalue weighted by Crippen LogP contribution is 2.21. The average Bonchev–Trinajstić information content (AvgIpc) is 3.42. The molecule has 0 aliphatic carbocycles. The molecule has 1 fully saturated rings. The van der Waals surface area contributed by atoms with Crippen molar-refractivity contribution >= 4 is 16.9 Å². The molecule has 5 rings (SSSR count). The Hall–Kier alpha value is -3.52. The first-order valence-corrected chi connectivity index (χ1v) is 10.3. The van der Waals surface area contributed by atoms with E-state index in [0.29, 0.717) is 50.1 Å². The predicted octanol–water partition coefficient (Wildman–Crippen LogP) is 3.22. The van der Waals surface area contributed by atoms with Crippen molar-refractivity contribution < 1.29 is 14.1 Å². The van der Waals surface area contributed by atoms with Gasteiger partial charge in [0.1, 0.15) is 0 Å². The molecule has 0 saturated carbocycles. The van der Waals surface area contributed by atoms with Crippen LogP contribution in [0.3, 0.4) is 0 Å². The highest BCUT2D eigenvalue weighted by Gasteiger charge is 2.19. The van der Waals surface area contributed by atoms with E-state index < -0.39 is 0 Å². The summed E-state index contributed by atoms with van der Waals surface area (Å²) in [5.74, 6) is 1.01. The lowest BCUT2D eigenvalue weighted by Gasteiger charge is -2.26. The molecular formula is C23H23N5O3. The van der Waals surface area contributed by atoms with Crippen LogP contribution in [0, 0.1) is 13.8 Å². The molecule has 0 N–H and O–H groups in total. The summed E-state index contributed by atoms with van der Waals surface area (Å²) >= 11 is 0. The first-order valence-electron chi connectivity index (χ1n) is 10.3. The van der Waals surface area contributed by atoms with Crippen LogP contribution >= 0.6 is 0 Å². The second-order valence-electron chi connectivity index (χ2n) is 7.80. The third kappa shape index (κ3) is 3.82. The molecule has 3 heterocycles. The van der Waals surface area contributed by atoms with Crippen molar-refractivity contribution in [3.63, 3.8) is 0 Å². The zero-order valence-corrected chi connectivity index (χ0v) is 17.5. The van der Waals surface area contributed by atoms with Crippen LogP contribution < -0.4 is 0 Å². The van der Waals surface area contributed by atoms with Gasteiger partial charge < -0.3 is 18.7 Å². The third-order valence-electron chi connectivity index (χ3n) is 5.69. The number of morpholine rings is 1. The number of aryl methyl sites for hydroxylation is 2. The molecule has 0 atom stereocenters. The lowest BCUT2D eigenvalue weighted by atomic mass is 10.1. The van der Waals surface area contributed by atoms with Crippen molar-refractivity contribution in [1.82, 2.24) is 24.6 Å². The topological polar surface area (TPSA) is 86.3 Å². The fraction of sp³-hybridized carbons (Fsp3) is 0.304. The molecule has 0 bridgehead atoms. The van der Waals surface area contributed by atoms with Crippen LogP contribution in [0.1, 0.15) is 27.3 Å². The van der Waals surface area contributed by atoms with E-state index >= 15 is 0 Å². The van der Waals surface area contributed by atoms with E-state index in [1.54, 1.807) is 18.5 Å². The van der Waals surface area contributed by atoms with Gasteiger partial charge in [0.15, 0.2) is 5.82 Å². The molecule has 8 heteroatoms. The van der Waals surface area contributed by atoms with Crippen LogP contribution in [0.5, 0.6) is 0 Å². The van der Waals surface area contributed by atoms with E-state index in [0.717, 1.165) is 16.6 Å². The van der Waals surface area contributed by atoms with Gasteiger partial charge in [-0.1, -0.05) is 5.16 Å². The number of hydrogen-bond acceptors (Lipinski definition) is 6. The highest BCUT2D eigenvalue weighted by atomic mass is 16.5. The van der Waals surface area contributed by atoms with Crippen LogP contribution in [0.15, 0.2) is 47.2 Å². The van der Waals surface area contributed by atoms with Crippen LogP contribution in [0.25, 0.3) is 22.5 Å². The van der Waals surface area contributed by atoms with Gasteiger partial charge in [-0.2, -0.15) is 4.98 Å². The maximum absolute atomic E-state index is 12.6. The van der Waals surface area contributed by atoms with E-state index in [-0.39, 0.29) is 5.91 Å². The Morgan fingerprint density at radius 3 is 2.58 bits per heavy atom. The van der Waals surface area contributed by atoms with Crippen molar-refractivity contribution in [2.45, 2.75) is 20.4 Å². The summed E-state index contributed by atoms with van der Waals surface area (Å²) in [5, 5.41) is 4.12. The molecule has 8 nitrogen and oxygen atoms in total. The largest absolute Gasteiger partial charge is 0.378 e. The molecule has 2 aromatic heterocycles. The molecule has 1 aliphatic rings. The molecule has 4 aromatic rings. The van der Waals surface area contributed by atoms with Gasteiger partial charge in [0.25, 0.3) is 11.8 Å². The third-order valence-corrected chi connectivity index (χ3v) is 5.69. The fourth-order valence-electron chi connectivity index (χ4n) is 3.73. The molecule has 1 aliphatic heterocycles. The van der Waals surface area contributed by atoms with Gasteiger partial charge in [0.2, 0.25) is 0 Å². The Kier molecular flexibility index (Phi) is 4.99. The maximum atomic E-state index is 12.6. The van der Waals surface area contributed by atoms with Gasteiger partial charge >= 0.3 is 0 Å². The van der Waals surface area contributed by atoms with Crippen molar-refractivity contribution in [1.29, 1.82) is 0 Å². The molecule has 0 unspecified atom stereocenters. The number of fused-ring (bicyclic) bond motifs is 1. The van der Waals surface area contributed by atoms with Crippen LogP contribution in [-0.2, 0) is 11.3 Å². The number of hydrogen-bond donors (Lipinski definition) is 0. The molecule has 31 heavy (non-hydrogen) atoms. The normalized spacial score (nSPS) is 14.3. The summed E-state index contributed by atoms with van der Waals surface area (Å²) in [6.45, 7) is 7.05. The molecule has 0 radical (unpaired) electrons. The van der Waals surface area contributed by atoms with Crippen molar-refractivity contribution in [3.05, 3.63) is 65.2 Å². The number of carbonyl (C=O) groups excluding carboxylic acids is 1. The summed E-state index contributed by atoms with van der Waals surface area (Å²) in [5.41, 5.74) is 5.85. The Labute approximate surface area is 179 Å². The number of ether oxygens (including phenoxy) is 1. The predicted molar refractivity (Wildman–Crippen MR) is 115 cm³/mol. The number of amides is 1. The lowest BCUT2D eigenvalue weighted by molar-refractivity contribution is 0.0303. The number of nitrogens with zero attached hydrogens (tertiary/aromatic N) is 5. The molecule has 0 spiro atoms. The summed E-state index contributed by atoms with van der Waals surface area (Å²) in [6.07, 6.45) is 1.80. The van der Waals surface area contributed by atoms with E-state index in [9.17, 15) is 4.79 Å². The van der Waals surface area contributed by atoms with Crippen LogP contribution in [0.4, 0.5) is 0 Å². The number of rotatable bonds is 4. The van der Waals surface area contributed by atoms with Crippen molar-refractivity contribution in [3.8, 4) is 11.5 Å². The van der Waals surface area contributed by atoms with E-state index in [1.807, 2.05) is 21.6 Å². The Balaban J connectivity index is 1.32. The quantitative estimate of drug-likeness (QED) is 0.507. The minimum atomic E-state index is 0.0126. The van der Waals surface area contributed by atoms with Gasteiger partial charge in [-0.05, 0) is 61.4 Å². The van der Waals surface area contributed by atoms with Crippen molar-refractivity contribution in [2.24, 2.45) is 0 Å². The maximum Gasteiger partial charge on any atom is 0.257 e. The summed E-state index contributed by atoms with van der Waals surface area (Å²) in [7, 11) is 0. The van der Waals surface area contributed by atoms with Gasteiger partial charge in [-0.25, -0.2) is 4.98 Å². The standard InChI is InChI=1S/C23H23N5O3/c1-15-11-19-20(12-16(15)2)28(14-24-19)13-21-25-22(31-26-21)17-3-5-18(6-4-17)23(29)27-7-9-30-10-8-27/h3-6,11-12,14H,7-10,13H2,1-2H3. The monoisotopic (exact) mass is 417 g/mol. The minimum absolute atomic E-state index is 0.0126. The second kappa shape index (κ2) is 7.96. The summed E-state index contributed by atoms with van der Waals surface area (Å²) in [6, 6.07) is 11.5. The zero-order valence-electron chi connectivity index (χ0n) is 17.5. The molecule has 1 saturated heterocycles. The first kappa shape index (κ1) is 19.4. The SMILES string of the molecule is Cc1cc2ncn(Cc3noc(-c4ccc(C(=O)N5CCOCC5)cc4)n3)c2cc1C. The number of aromatic nitrogens is 4. The molecular weight excluding hydrogens is 394 g/mol. The molecule has 158 valence electrons. The smallest absolute Gasteiger partial charge is 0.257 e. The zero-order chi connectivity index (χ0) is 21.4. The summed E-state index contributed by atoms with van der Waals surface area (Å²) in [4.78, 5) is 23.4. The lowest BCUT2D eigenvalue weighted by Crippen LogP contribution is -2.40. The average molecular weight is 417 g/mol. The Morgan fingerprint density at radius 1 is 1.06 bits per heavy atom. The Morgan fingerprint density at radius 2 is 1.81 bits per heavy atom. The number of carbonyl (C=O) groups is 1. The molecule has 2 aromatic carbocycles. The van der Waals surface area contributed by atoms with Crippen LogP contribution in [-0.4, -0.2) is 56.8 Å². The van der Waals surface area contributed by atoms with E-state index in [2.05, 4.69) is 41.1 Å². The van der Waals surface area contributed by atoms with E-state index in [1.165, 1.54) is 11.1 Å².